The van der Waals surface area contributed by atoms with Crippen LogP contribution in [0.25, 0.3) is 22.9 Å². The van der Waals surface area contributed by atoms with Crippen LogP contribution in [-0.2, 0) is 0 Å². The van der Waals surface area contributed by atoms with Crippen LogP contribution in [0.5, 0.6) is 0 Å². The Morgan fingerprint density at radius 2 is 1.75 bits per heavy atom. The molecule has 3 nitrogen and oxygen atoms in total. The number of guanidine groups is 1. The number of halogens is 2. The maximum absolute atomic E-state index is 8.16. The van der Waals surface area contributed by atoms with Gasteiger partial charge < -0.3 is 10.6 Å². The quantitative estimate of drug-likeness (QED) is 0.301. The number of hydrogen-bond acceptors (Lipinski definition) is 1. The zero-order chi connectivity index (χ0) is 16.7. The zero-order valence-electron chi connectivity index (χ0n) is 12.5. The lowest BCUT2D eigenvalue weighted by molar-refractivity contribution is 1.43. The van der Waals surface area contributed by atoms with E-state index in [0.29, 0.717) is 15.7 Å². The molecular formula is C19H13Cl2N3. The Kier molecular flexibility index (Phi) is 3.68. The molecule has 0 aliphatic heterocycles. The van der Waals surface area contributed by atoms with Gasteiger partial charge in [-0.05, 0) is 40.6 Å². The molecule has 118 valence electrons. The van der Waals surface area contributed by atoms with Crippen LogP contribution in [0, 0.1) is 5.41 Å². The van der Waals surface area contributed by atoms with Gasteiger partial charge in [-0.25, -0.2) is 0 Å². The largest absolute Gasteiger partial charge is 0.326 e. The van der Waals surface area contributed by atoms with E-state index in [9.17, 15) is 0 Å². The van der Waals surface area contributed by atoms with E-state index < -0.39 is 0 Å². The van der Waals surface area contributed by atoms with Crippen molar-refractivity contribution in [3.8, 4) is 0 Å². The maximum atomic E-state index is 8.16. The third-order valence-corrected chi connectivity index (χ3v) is 4.74. The molecule has 4 rings (SSSR count). The molecule has 0 atom stereocenters. The van der Waals surface area contributed by atoms with Crippen LogP contribution in [0.3, 0.4) is 0 Å². The number of anilines is 2. The molecular weight excluding hydrogens is 341 g/mol. The van der Waals surface area contributed by atoms with E-state index in [2.05, 4.69) is 47.1 Å². The standard InChI is InChI=1S/C19H13Cl2N3/c20-15-8-6-13(10-16(15)21)23-19(22)24-17-9-5-12-3-1-2-11-4-7-14(17)18(11)12/h1-10H,(H3,22,23,24). The SMILES string of the molecule is N=C(Nc1ccc(Cl)c(Cl)c1)Nc1ccc2cccc3c2c1C=C3. The van der Waals surface area contributed by atoms with Crippen molar-refractivity contribution in [2.24, 2.45) is 0 Å². The molecule has 5 heteroatoms. The Morgan fingerprint density at radius 3 is 2.58 bits per heavy atom. The van der Waals surface area contributed by atoms with Crippen molar-refractivity contribution < 1.29 is 0 Å². The highest BCUT2D eigenvalue weighted by Gasteiger charge is 2.13. The summed E-state index contributed by atoms with van der Waals surface area (Å²) in [5, 5.41) is 17.6. The summed E-state index contributed by atoms with van der Waals surface area (Å²) in [5.41, 5.74) is 3.90. The Balaban J connectivity index is 1.60. The number of hydrogen-bond donors (Lipinski definition) is 3. The predicted octanol–water partition coefficient (Wildman–Crippen LogP) is 6.09. The van der Waals surface area contributed by atoms with Gasteiger partial charge in [0.2, 0.25) is 0 Å². The van der Waals surface area contributed by atoms with Gasteiger partial charge >= 0.3 is 0 Å². The second-order valence-corrected chi connectivity index (χ2v) is 6.37. The number of rotatable bonds is 2. The van der Waals surface area contributed by atoms with Gasteiger partial charge in [-0.2, -0.15) is 0 Å². The first kappa shape index (κ1) is 15.1. The minimum absolute atomic E-state index is 0.168. The van der Waals surface area contributed by atoms with Crippen LogP contribution >= 0.6 is 23.2 Å². The third kappa shape index (κ3) is 2.62. The second-order valence-electron chi connectivity index (χ2n) is 5.56. The summed E-state index contributed by atoms with van der Waals surface area (Å²) in [7, 11) is 0. The molecule has 0 unspecified atom stereocenters. The molecule has 3 N–H and O–H groups in total. The van der Waals surface area contributed by atoms with Crippen molar-refractivity contribution >= 4 is 63.5 Å². The van der Waals surface area contributed by atoms with Gasteiger partial charge in [-0.3, -0.25) is 5.41 Å². The third-order valence-electron chi connectivity index (χ3n) is 4.00. The van der Waals surface area contributed by atoms with Crippen molar-refractivity contribution in [1.82, 2.24) is 0 Å². The van der Waals surface area contributed by atoms with Gasteiger partial charge in [0.15, 0.2) is 5.96 Å². The monoisotopic (exact) mass is 353 g/mol. The van der Waals surface area contributed by atoms with E-state index >= 15 is 0 Å². The maximum Gasteiger partial charge on any atom is 0.197 e. The summed E-state index contributed by atoms with van der Waals surface area (Å²) in [5.74, 6) is 0.168. The molecule has 3 aromatic rings. The first-order valence-corrected chi connectivity index (χ1v) is 8.19. The van der Waals surface area contributed by atoms with E-state index in [-0.39, 0.29) is 5.96 Å². The molecule has 0 saturated heterocycles. The highest BCUT2D eigenvalue weighted by molar-refractivity contribution is 6.42. The normalized spacial score (nSPS) is 11.8. The second kappa shape index (κ2) is 5.86. The molecule has 0 bridgehead atoms. The first-order valence-electron chi connectivity index (χ1n) is 7.43. The van der Waals surface area contributed by atoms with Crippen LogP contribution in [-0.4, -0.2) is 5.96 Å². The fourth-order valence-electron chi connectivity index (χ4n) is 2.91. The molecule has 1 aliphatic rings. The molecule has 0 fully saturated rings. The van der Waals surface area contributed by atoms with E-state index in [0.717, 1.165) is 11.3 Å². The molecule has 1 aliphatic carbocycles. The summed E-state index contributed by atoms with van der Waals surface area (Å²) >= 11 is 11.9. The van der Waals surface area contributed by atoms with E-state index in [1.54, 1.807) is 18.2 Å². The fraction of sp³-hybridized carbons (Fsp3) is 0. The van der Waals surface area contributed by atoms with Gasteiger partial charge in [0.1, 0.15) is 0 Å². The number of nitrogens with one attached hydrogen (secondary N) is 3. The van der Waals surface area contributed by atoms with Crippen LogP contribution in [0.1, 0.15) is 11.1 Å². The smallest absolute Gasteiger partial charge is 0.197 e. The average Bonchev–Trinajstić information content (AvgIpc) is 3.00. The van der Waals surface area contributed by atoms with Crippen molar-refractivity contribution in [2.75, 3.05) is 10.6 Å². The molecule has 3 aromatic carbocycles. The zero-order valence-corrected chi connectivity index (χ0v) is 14.0. The highest BCUT2D eigenvalue weighted by Crippen LogP contribution is 2.36. The fourth-order valence-corrected chi connectivity index (χ4v) is 3.21. The Morgan fingerprint density at radius 1 is 0.875 bits per heavy atom. The summed E-state index contributed by atoms with van der Waals surface area (Å²) < 4.78 is 0. The van der Waals surface area contributed by atoms with Gasteiger partial charge in [0, 0.05) is 16.9 Å². The van der Waals surface area contributed by atoms with Crippen LogP contribution in [0.4, 0.5) is 11.4 Å². The topological polar surface area (TPSA) is 47.9 Å². The Labute approximate surface area is 149 Å². The van der Waals surface area contributed by atoms with Gasteiger partial charge in [0.05, 0.1) is 10.0 Å². The molecule has 0 aromatic heterocycles. The van der Waals surface area contributed by atoms with Gasteiger partial charge in [-0.15, -0.1) is 0 Å². The van der Waals surface area contributed by atoms with E-state index in [4.69, 9.17) is 28.6 Å². The van der Waals surface area contributed by atoms with E-state index in [1.807, 2.05) is 6.07 Å². The van der Waals surface area contributed by atoms with Crippen molar-refractivity contribution in [3.05, 3.63) is 69.7 Å². The molecule has 0 heterocycles. The lowest BCUT2D eigenvalue weighted by Crippen LogP contribution is -2.20. The summed E-state index contributed by atoms with van der Waals surface area (Å²) in [6.45, 7) is 0. The molecule has 24 heavy (non-hydrogen) atoms. The van der Waals surface area contributed by atoms with E-state index in [1.165, 1.54) is 16.3 Å². The van der Waals surface area contributed by atoms with Gasteiger partial charge in [-0.1, -0.05) is 59.6 Å². The summed E-state index contributed by atoms with van der Waals surface area (Å²) in [6, 6.07) is 15.5. The Hall–Kier alpha value is -2.49. The highest BCUT2D eigenvalue weighted by atomic mass is 35.5. The van der Waals surface area contributed by atoms with Crippen molar-refractivity contribution in [3.63, 3.8) is 0 Å². The lowest BCUT2D eigenvalue weighted by Gasteiger charge is -2.14. The van der Waals surface area contributed by atoms with Crippen LogP contribution in [0.15, 0.2) is 48.5 Å². The summed E-state index contributed by atoms with van der Waals surface area (Å²) in [4.78, 5) is 0. The summed E-state index contributed by atoms with van der Waals surface area (Å²) in [6.07, 6.45) is 4.17. The average molecular weight is 354 g/mol. The van der Waals surface area contributed by atoms with Gasteiger partial charge in [0.25, 0.3) is 0 Å². The minimum atomic E-state index is 0.168. The molecule has 0 radical (unpaired) electrons. The first-order chi connectivity index (χ1) is 11.6. The minimum Gasteiger partial charge on any atom is -0.326 e. The Bertz CT molecular complexity index is 1010. The van der Waals surface area contributed by atoms with Crippen molar-refractivity contribution in [1.29, 1.82) is 5.41 Å². The van der Waals surface area contributed by atoms with Crippen molar-refractivity contribution in [2.45, 2.75) is 0 Å². The molecule has 0 spiro atoms. The van der Waals surface area contributed by atoms with Crippen LogP contribution < -0.4 is 10.6 Å². The number of benzene rings is 3. The predicted molar refractivity (Wildman–Crippen MR) is 104 cm³/mol. The lowest BCUT2D eigenvalue weighted by atomic mass is 10.0. The molecule has 0 amide bonds. The van der Waals surface area contributed by atoms with Crippen LogP contribution in [0.2, 0.25) is 10.0 Å². The molecule has 0 saturated carbocycles.